The molecular formula is C18H34N2S. The molecule has 2 nitrogen and oxygen atoms in total. The van der Waals surface area contributed by atoms with Crippen LogP contribution in [0.25, 0.3) is 0 Å². The highest BCUT2D eigenvalue weighted by Gasteiger charge is 2.07. The maximum atomic E-state index is 3.53. The summed E-state index contributed by atoms with van der Waals surface area (Å²) in [6.07, 6.45) is 5.21. The van der Waals surface area contributed by atoms with Crippen LogP contribution in [0, 0.1) is 5.92 Å². The standard InChI is InChI=1S/C18H34N2S/c1-5-7-11-20(12-8-6-2)15-18-10-9-17(21-18)14-19-13-16(3)4/h9-10,16,19H,5-8,11-15H2,1-4H3. The first-order valence-electron chi connectivity index (χ1n) is 8.66. The van der Waals surface area contributed by atoms with Crippen molar-refractivity contribution in [3.63, 3.8) is 0 Å². The van der Waals surface area contributed by atoms with Gasteiger partial charge in [-0.3, -0.25) is 4.90 Å². The van der Waals surface area contributed by atoms with E-state index in [0.717, 1.165) is 25.6 Å². The predicted octanol–water partition coefficient (Wildman–Crippen LogP) is 4.90. The normalized spacial score (nSPS) is 11.7. The monoisotopic (exact) mass is 310 g/mol. The van der Waals surface area contributed by atoms with Gasteiger partial charge in [0.2, 0.25) is 0 Å². The first-order valence-corrected chi connectivity index (χ1v) is 9.48. The summed E-state index contributed by atoms with van der Waals surface area (Å²) in [4.78, 5) is 5.62. The number of thiophene rings is 1. The zero-order chi connectivity index (χ0) is 15.5. The number of hydrogen-bond donors (Lipinski definition) is 1. The van der Waals surface area contributed by atoms with E-state index in [1.165, 1.54) is 48.5 Å². The highest BCUT2D eigenvalue weighted by molar-refractivity contribution is 7.11. The van der Waals surface area contributed by atoms with E-state index in [1.54, 1.807) is 0 Å². The van der Waals surface area contributed by atoms with E-state index in [-0.39, 0.29) is 0 Å². The molecule has 0 aliphatic rings. The number of unbranched alkanes of at least 4 members (excludes halogenated alkanes) is 2. The number of rotatable bonds is 12. The molecular weight excluding hydrogens is 276 g/mol. The molecule has 21 heavy (non-hydrogen) atoms. The lowest BCUT2D eigenvalue weighted by molar-refractivity contribution is 0.259. The molecule has 1 aromatic heterocycles. The van der Waals surface area contributed by atoms with Crippen molar-refractivity contribution in [3.8, 4) is 0 Å². The van der Waals surface area contributed by atoms with Gasteiger partial charge in [0.15, 0.2) is 0 Å². The zero-order valence-corrected chi connectivity index (χ0v) is 15.3. The van der Waals surface area contributed by atoms with Crippen molar-refractivity contribution in [1.29, 1.82) is 0 Å². The van der Waals surface area contributed by atoms with E-state index in [4.69, 9.17) is 0 Å². The Morgan fingerprint density at radius 1 is 1.05 bits per heavy atom. The van der Waals surface area contributed by atoms with Crippen molar-refractivity contribution in [1.82, 2.24) is 10.2 Å². The van der Waals surface area contributed by atoms with Crippen molar-refractivity contribution in [2.24, 2.45) is 5.92 Å². The van der Waals surface area contributed by atoms with E-state index < -0.39 is 0 Å². The van der Waals surface area contributed by atoms with Gasteiger partial charge in [-0.1, -0.05) is 40.5 Å². The molecule has 0 radical (unpaired) electrons. The minimum Gasteiger partial charge on any atom is -0.312 e. The Morgan fingerprint density at radius 2 is 1.67 bits per heavy atom. The molecule has 3 heteroatoms. The number of hydrogen-bond acceptors (Lipinski definition) is 3. The van der Waals surface area contributed by atoms with Gasteiger partial charge in [-0.25, -0.2) is 0 Å². The second kappa shape index (κ2) is 11.2. The molecule has 1 N–H and O–H groups in total. The maximum Gasteiger partial charge on any atom is 0.0328 e. The molecule has 1 aromatic rings. The third-order valence-electron chi connectivity index (χ3n) is 3.60. The maximum absolute atomic E-state index is 3.53. The summed E-state index contributed by atoms with van der Waals surface area (Å²) in [6.45, 7) is 14.8. The van der Waals surface area contributed by atoms with Gasteiger partial charge in [-0.2, -0.15) is 0 Å². The molecule has 0 amide bonds. The Labute approximate surface area is 135 Å². The van der Waals surface area contributed by atoms with E-state index in [2.05, 4.69) is 50.0 Å². The fourth-order valence-corrected chi connectivity index (χ4v) is 3.37. The molecule has 122 valence electrons. The van der Waals surface area contributed by atoms with Crippen LogP contribution in [0.2, 0.25) is 0 Å². The summed E-state index contributed by atoms with van der Waals surface area (Å²) < 4.78 is 0. The van der Waals surface area contributed by atoms with Gasteiger partial charge in [0.05, 0.1) is 0 Å². The van der Waals surface area contributed by atoms with Crippen LogP contribution < -0.4 is 5.32 Å². The molecule has 0 fully saturated rings. The molecule has 1 heterocycles. The Kier molecular flexibility index (Phi) is 9.98. The third-order valence-corrected chi connectivity index (χ3v) is 4.67. The van der Waals surface area contributed by atoms with Crippen molar-refractivity contribution in [2.75, 3.05) is 19.6 Å². The molecule has 0 saturated carbocycles. The van der Waals surface area contributed by atoms with Gasteiger partial charge in [-0.05, 0) is 50.5 Å². The Balaban J connectivity index is 2.41. The van der Waals surface area contributed by atoms with Crippen LogP contribution in [-0.4, -0.2) is 24.5 Å². The van der Waals surface area contributed by atoms with E-state index in [1.807, 2.05) is 11.3 Å². The quantitative estimate of drug-likeness (QED) is 0.591. The van der Waals surface area contributed by atoms with Crippen LogP contribution in [0.4, 0.5) is 0 Å². The first-order chi connectivity index (χ1) is 10.2. The van der Waals surface area contributed by atoms with Crippen LogP contribution in [0.15, 0.2) is 12.1 Å². The highest BCUT2D eigenvalue weighted by Crippen LogP contribution is 2.19. The lowest BCUT2D eigenvalue weighted by Gasteiger charge is -2.21. The van der Waals surface area contributed by atoms with Crippen molar-refractivity contribution >= 4 is 11.3 Å². The molecule has 0 atom stereocenters. The van der Waals surface area contributed by atoms with Gasteiger partial charge in [0, 0.05) is 22.8 Å². The summed E-state index contributed by atoms with van der Waals surface area (Å²) >= 11 is 1.98. The predicted molar refractivity (Wildman–Crippen MR) is 96.0 cm³/mol. The molecule has 0 aliphatic heterocycles. The summed E-state index contributed by atoms with van der Waals surface area (Å²) in [7, 11) is 0. The first kappa shape index (κ1) is 18.7. The van der Waals surface area contributed by atoms with E-state index >= 15 is 0 Å². The summed E-state index contributed by atoms with van der Waals surface area (Å²) in [6, 6.07) is 4.62. The van der Waals surface area contributed by atoms with Gasteiger partial charge < -0.3 is 5.32 Å². The summed E-state index contributed by atoms with van der Waals surface area (Å²) in [5.74, 6) is 0.725. The Morgan fingerprint density at radius 3 is 2.24 bits per heavy atom. The number of nitrogens with zero attached hydrogens (tertiary/aromatic N) is 1. The molecule has 0 aromatic carbocycles. The van der Waals surface area contributed by atoms with Crippen LogP contribution in [0.3, 0.4) is 0 Å². The molecule has 0 aliphatic carbocycles. The lowest BCUT2D eigenvalue weighted by atomic mass is 10.2. The van der Waals surface area contributed by atoms with Crippen LogP contribution in [-0.2, 0) is 13.1 Å². The topological polar surface area (TPSA) is 15.3 Å². The van der Waals surface area contributed by atoms with Crippen LogP contribution in [0.1, 0.15) is 63.1 Å². The van der Waals surface area contributed by atoms with Crippen molar-refractivity contribution in [3.05, 3.63) is 21.9 Å². The SMILES string of the molecule is CCCCN(CCCC)Cc1ccc(CNCC(C)C)s1. The van der Waals surface area contributed by atoms with Gasteiger partial charge in [0.1, 0.15) is 0 Å². The lowest BCUT2D eigenvalue weighted by Crippen LogP contribution is -2.25. The van der Waals surface area contributed by atoms with E-state index in [9.17, 15) is 0 Å². The van der Waals surface area contributed by atoms with Crippen LogP contribution >= 0.6 is 11.3 Å². The molecule has 0 bridgehead atoms. The molecule has 0 spiro atoms. The van der Waals surface area contributed by atoms with Crippen LogP contribution in [0.5, 0.6) is 0 Å². The minimum absolute atomic E-state index is 0.725. The smallest absolute Gasteiger partial charge is 0.0328 e. The van der Waals surface area contributed by atoms with E-state index in [0.29, 0.717) is 0 Å². The second-order valence-corrected chi connectivity index (χ2v) is 7.63. The molecule has 0 unspecified atom stereocenters. The second-order valence-electron chi connectivity index (χ2n) is 6.38. The zero-order valence-electron chi connectivity index (χ0n) is 14.5. The third kappa shape index (κ3) is 8.60. The van der Waals surface area contributed by atoms with Gasteiger partial charge >= 0.3 is 0 Å². The Bertz CT molecular complexity index is 352. The average Bonchev–Trinajstić information content (AvgIpc) is 2.89. The van der Waals surface area contributed by atoms with Crippen molar-refractivity contribution in [2.45, 2.75) is 66.5 Å². The Hall–Kier alpha value is -0.380. The van der Waals surface area contributed by atoms with Gasteiger partial charge in [0.25, 0.3) is 0 Å². The number of nitrogens with one attached hydrogen (secondary N) is 1. The molecule has 1 rings (SSSR count). The van der Waals surface area contributed by atoms with Crippen molar-refractivity contribution < 1.29 is 0 Å². The fraction of sp³-hybridized carbons (Fsp3) is 0.778. The minimum atomic E-state index is 0.725. The largest absolute Gasteiger partial charge is 0.312 e. The highest BCUT2D eigenvalue weighted by atomic mass is 32.1. The van der Waals surface area contributed by atoms with Gasteiger partial charge in [-0.15, -0.1) is 11.3 Å². The molecule has 0 saturated heterocycles. The average molecular weight is 311 g/mol. The fourth-order valence-electron chi connectivity index (χ4n) is 2.34. The summed E-state index contributed by atoms with van der Waals surface area (Å²) in [5, 5.41) is 3.53. The summed E-state index contributed by atoms with van der Waals surface area (Å²) in [5.41, 5.74) is 0.